The van der Waals surface area contributed by atoms with Gasteiger partial charge in [0.1, 0.15) is 17.0 Å². The Labute approximate surface area is 214 Å². The van der Waals surface area contributed by atoms with Crippen LogP contribution in [0.15, 0.2) is 59.8 Å². The third-order valence-corrected chi connectivity index (χ3v) is 7.29. The lowest BCUT2D eigenvalue weighted by Gasteiger charge is -2.15. The van der Waals surface area contributed by atoms with Gasteiger partial charge in [0, 0.05) is 17.3 Å². The zero-order valence-electron chi connectivity index (χ0n) is 19.0. The molecule has 0 fully saturated rings. The van der Waals surface area contributed by atoms with E-state index in [9.17, 15) is 14.7 Å². The minimum atomic E-state index is -0.954. The van der Waals surface area contributed by atoms with Crippen LogP contribution in [0.5, 0.6) is 0 Å². The third kappa shape index (κ3) is 4.01. The maximum Gasteiger partial charge on any atom is 0.345 e. The van der Waals surface area contributed by atoms with Gasteiger partial charge in [0.2, 0.25) is 0 Å². The van der Waals surface area contributed by atoms with E-state index in [2.05, 4.69) is 25.5 Å². The molecular weight excluding hydrogens is 502 g/mol. The summed E-state index contributed by atoms with van der Waals surface area (Å²) in [6.45, 7) is 2.00. The number of carboxylic acids is 1. The average Bonchev–Trinajstić information content (AvgIpc) is 3.64. The molecule has 0 amide bonds. The van der Waals surface area contributed by atoms with Crippen LogP contribution in [0.3, 0.4) is 0 Å². The number of fused-ring (bicyclic) bond motifs is 1. The summed E-state index contributed by atoms with van der Waals surface area (Å²) in [4.78, 5) is 33.4. The molecule has 2 N–H and O–H groups in total. The first kappa shape index (κ1) is 23.6. The normalized spacial score (nSPS) is 14.4. The van der Waals surface area contributed by atoms with E-state index < -0.39 is 5.97 Å². The number of hydrogen-bond acceptors (Lipinski definition) is 7. The number of aryl methyl sites for hydroxylation is 2. The number of thiophene rings is 1. The van der Waals surface area contributed by atoms with E-state index in [0.29, 0.717) is 5.82 Å². The molecule has 0 spiro atoms. The molecule has 0 bridgehead atoms. The highest BCUT2D eigenvalue weighted by atomic mass is 35.5. The molecule has 5 heterocycles. The summed E-state index contributed by atoms with van der Waals surface area (Å²) in [5.74, 6) is -0.270. The molecule has 1 aliphatic heterocycles. The molecule has 6 rings (SSSR count). The predicted molar refractivity (Wildman–Crippen MR) is 136 cm³/mol. The first-order valence-electron chi connectivity index (χ1n) is 11.0. The second-order valence-corrected chi connectivity index (χ2v) is 9.51. The zero-order valence-corrected chi connectivity index (χ0v) is 20.6. The lowest BCUT2D eigenvalue weighted by Crippen LogP contribution is -2.23. The largest absolute Gasteiger partial charge is 0.477 e. The van der Waals surface area contributed by atoms with Crippen LogP contribution in [-0.2, 0) is 6.42 Å². The monoisotopic (exact) mass is 521 g/mol. The summed E-state index contributed by atoms with van der Waals surface area (Å²) in [5, 5.41) is 20.7. The number of pyridine rings is 1. The smallest absolute Gasteiger partial charge is 0.345 e. The standard InChI is InChI=1S/C24H19N7O3S.ClH/c1-13-2-4-18(30-12-26-28-29-30)16(8-13)14-9-15-3-5-19(31(15)22(32)10-14)23-25-11-17(27-23)20-6-7-21(35-20)24(33)34;/h2,4,6-12,19H,3,5H2,1H3,(H,25,27)(H,33,34);1H. The first-order chi connectivity index (χ1) is 17.0. The Hall–Kier alpha value is -4.09. The van der Waals surface area contributed by atoms with Crippen LogP contribution in [0, 0.1) is 6.92 Å². The van der Waals surface area contributed by atoms with Crippen LogP contribution in [0.25, 0.3) is 27.4 Å². The molecule has 0 saturated heterocycles. The fourth-order valence-electron chi connectivity index (χ4n) is 4.59. The number of carboxylic acid groups (broad SMARTS) is 1. The van der Waals surface area contributed by atoms with Crippen LogP contribution in [-0.4, -0.2) is 45.8 Å². The predicted octanol–water partition coefficient (Wildman–Crippen LogP) is 3.91. The molecule has 0 aliphatic carbocycles. The van der Waals surface area contributed by atoms with Crippen molar-refractivity contribution in [3.05, 3.63) is 87.3 Å². The van der Waals surface area contributed by atoms with Crippen molar-refractivity contribution < 1.29 is 9.90 Å². The third-order valence-electron chi connectivity index (χ3n) is 6.19. The molecule has 0 saturated carbocycles. The summed E-state index contributed by atoms with van der Waals surface area (Å²) < 4.78 is 3.38. The Bertz CT molecular complexity index is 1640. The lowest BCUT2D eigenvalue weighted by atomic mass is 10.0. The molecule has 4 aromatic heterocycles. The van der Waals surface area contributed by atoms with Gasteiger partial charge in [-0.1, -0.05) is 11.6 Å². The fraction of sp³-hybridized carbons (Fsp3) is 0.167. The Morgan fingerprint density at radius 2 is 2.06 bits per heavy atom. The summed E-state index contributed by atoms with van der Waals surface area (Å²) in [6, 6.07) is 12.8. The minimum absolute atomic E-state index is 0. The van der Waals surface area contributed by atoms with E-state index in [-0.39, 0.29) is 28.9 Å². The highest BCUT2D eigenvalue weighted by Gasteiger charge is 2.28. The number of hydrogen-bond donors (Lipinski definition) is 2. The molecule has 1 aromatic carbocycles. The zero-order chi connectivity index (χ0) is 24.1. The first-order valence-corrected chi connectivity index (χ1v) is 11.8. The maximum absolute atomic E-state index is 13.3. The average molecular weight is 522 g/mol. The molecule has 182 valence electrons. The van der Waals surface area contributed by atoms with Crippen LogP contribution < -0.4 is 5.56 Å². The van der Waals surface area contributed by atoms with Crippen LogP contribution in [0.4, 0.5) is 0 Å². The van der Waals surface area contributed by atoms with Crippen molar-refractivity contribution in [3.63, 3.8) is 0 Å². The number of halogens is 1. The Kier molecular flexibility index (Phi) is 6.02. The van der Waals surface area contributed by atoms with Crippen molar-refractivity contribution in [2.45, 2.75) is 25.8 Å². The number of nitrogens with one attached hydrogen (secondary N) is 1. The van der Waals surface area contributed by atoms with Gasteiger partial charge in [-0.05, 0) is 66.1 Å². The van der Waals surface area contributed by atoms with E-state index in [1.807, 2.05) is 31.2 Å². The molecule has 1 atom stereocenters. The van der Waals surface area contributed by atoms with Gasteiger partial charge in [0.15, 0.2) is 0 Å². The van der Waals surface area contributed by atoms with E-state index in [4.69, 9.17) is 0 Å². The molecule has 0 radical (unpaired) electrons. The van der Waals surface area contributed by atoms with Crippen molar-refractivity contribution in [3.8, 4) is 27.4 Å². The molecule has 5 aromatic rings. The van der Waals surface area contributed by atoms with Gasteiger partial charge in [0.25, 0.3) is 5.56 Å². The number of aromatic carboxylic acids is 1. The number of H-pyrrole nitrogens is 1. The summed E-state index contributed by atoms with van der Waals surface area (Å²) >= 11 is 1.18. The quantitative estimate of drug-likeness (QED) is 0.358. The van der Waals surface area contributed by atoms with Gasteiger partial charge in [-0.25, -0.2) is 9.78 Å². The highest BCUT2D eigenvalue weighted by Crippen LogP contribution is 2.34. The van der Waals surface area contributed by atoms with Gasteiger partial charge in [0.05, 0.1) is 28.5 Å². The number of tetrazole rings is 1. The Balaban J connectivity index is 0.00000267. The van der Waals surface area contributed by atoms with Crippen molar-refractivity contribution in [1.29, 1.82) is 0 Å². The number of imidazole rings is 1. The van der Waals surface area contributed by atoms with Crippen LogP contribution >= 0.6 is 23.7 Å². The second kappa shape index (κ2) is 9.17. The van der Waals surface area contributed by atoms with Gasteiger partial charge in [-0.3, -0.25) is 4.79 Å². The number of aromatic amines is 1. The Morgan fingerprint density at radius 3 is 2.81 bits per heavy atom. The van der Waals surface area contributed by atoms with Crippen molar-refractivity contribution in [2.75, 3.05) is 0 Å². The molecular formula is C24H20ClN7O3S. The van der Waals surface area contributed by atoms with E-state index in [0.717, 1.165) is 51.5 Å². The van der Waals surface area contributed by atoms with Gasteiger partial charge >= 0.3 is 5.97 Å². The topological polar surface area (TPSA) is 132 Å². The Morgan fingerprint density at radius 1 is 1.19 bits per heavy atom. The molecule has 12 heteroatoms. The minimum Gasteiger partial charge on any atom is -0.477 e. The SMILES string of the molecule is Cc1ccc(-n2cnnn2)c(-c2cc3n(c(=O)c2)C(c2ncc(-c4ccc(C(=O)O)s4)[nH]2)CC3)c1.Cl. The molecule has 36 heavy (non-hydrogen) atoms. The van der Waals surface area contributed by atoms with E-state index in [1.165, 1.54) is 17.7 Å². The van der Waals surface area contributed by atoms with E-state index >= 15 is 0 Å². The summed E-state index contributed by atoms with van der Waals surface area (Å²) in [5.41, 5.74) is 5.13. The number of nitrogens with zero attached hydrogens (tertiary/aromatic N) is 6. The molecule has 10 nitrogen and oxygen atoms in total. The van der Waals surface area contributed by atoms with Gasteiger partial charge in [-0.15, -0.1) is 28.8 Å². The van der Waals surface area contributed by atoms with Crippen molar-refractivity contribution in [2.24, 2.45) is 0 Å². The maximum atomic E-state index is 13.3. The van der Waals surface area contributed by atoms with Crippen LogP contribution in [0.2, 0.25) is 0 Å². The second-order valence-electron chi connectivity index (χ2n) is 8.42. The number of carbonyl (C=O) groups is 1. The summed E-state index contributed by atoms with van der Waals surface area (Å²) in [6.07, 6.45) is 4.70. The fourth-order valence-corrected chi connectivity index (χ4v) is 5.40. The number of benzene rings is 1. The molecule has 1 aliphatic rings. The number of rotatable bonds is 5. The van der Waals surface area contributed by atoms with E-state index in [1.54, 1.807) is 33.6 Å². The van der Waals surface area contributed by atoms with Gasteiger partial charge in [-0.2, -0.15) is 4.68 Å². The lowest BCUT2D eigenvalue weighted by molar-refractivity contribution is 0.0702. The summed E-state index contributed by atoms with van der Waals surface area (Å²) in [7, 11) is 0. The van der Waals surface area contributed by atoms with Crippen molar-refractivity contribution in [1.82, 2.24) is 34.7 Å². The highest BCUT2D eigenvalue weighted by molar-refractivity contribution is 7.17. The van der Waals surface area contributed by atoms with Crippen molar-refractivity contribution >= 4 is 29.7 Å². The van der Waals surface area contributed by atoms with Crippen LogP contribution in [0.1, 0.15) is 39.2 Å². The number of aromatic nitrogens is 7. The van der Waals surface area contributed by atoms with Gasteiger partial charge < -0.3 is 14.7 Å². The molecule has 1 unspecified atom stereocenters.